The van der Waals surface area contributed by atoms with Gasteiger partial charge in [0, 0.05) is 30.8 Å². The average molecular weight is 258 g/mol. The SMILES string of the molecule is NCC(c1ccoc1)N1CCOc2ccccc2C1. The average Bonchev–Trinajstić information content (AvgIpc) is 2.87. The maximum absolute atomic E-state index is 5.94. The minimum Gasteiger partial charge on any atom is -0.492 e. The summed E-state index contributed by atoms with van der Waals surface area (Å²) in [5, 5.41) is 0. The predicted octanol–water partition coefficient (Wildman–Crippen LogP) is 2.17. The number of para-hydroxylation sites is 1. The van der Waals surface area contributed by atoms with E-state index in [9.17, 15) is 0 Å². The normalized spacial score (nSPS) is 17.3. The van der Waals surface area contributed by atoms with Crippen LogP contribution in [-0.2, 0) is 6.54 Å². The van der Waals surface area contributed by atoms with Crippen LogP contribution in [0.25, 0.3) is 0 Å². The van der Waals surface area contributed by atoms with Gasteiger partial charge in [0.05, 0.1) is 18.6 Å². The molecule has 1 aliphatic heterocycles. The fraction of sp³-hybridized carbons (Fsp3) is 0.333. The van der Waals surface area contributed by atoms with E-state index < -0.39 is 0 Å². The highest BCUT2D eigenvalue weighted by Gasteiger charge is 2.23. The molecule has 1 atom stereocenters. The van der Waals surface area contributed by atoms with E-state index in [1.54, 1.807) is 12.5 Å². The number of nitrogens with two attached hydrogens (primary N) is 1. The highest BCUT2D eigenvalue weighted by Crippen LogP contribution is 2.28. The highest BCUT2D eigenvalue weighted by atomic mass is 16.5. The standard InChI is InChI=1S/C15H18N2O2/c16-9-14(13-5-7-18-11-13)17-6-8-19-15-4-2-1-3-12(15)10-17/h1-5,7,11,14H,6,8-10,16H2. The lowest BCUT2D eigenvalue weighted by Crippen LogP contribution is -2.34. The molecule has 19 heavy (non-hydrogen) atoms. The van der Waals surface area contributed by atoms with Gasteiger partial charge in [-0.2, -0.15) is 0 Å². The van der Waals surface area contributed by atoms with Gasteiger partial charge in [-0.1, -0.05) is 18.2 Å². The zero-order chi connectivity index (χ0) is 13.1. The third-order valence-corrected chi connectivity index (χ3v) is 3.57. The van der Waals surface area contributed by atoms with Crippen molar-refractivity contribution >= 4 is 0 Å². The van der Waals surface area contributed by atoms with Crippen LogP contribution in [0.4, 0.5) is 0 Å². The molecular weight excluding hydrogens is 240 g/mol. The van der Waals surface area contributed by atoms with Crippen molar-refractivity contribution in [3.05, 3.63) is 54.0 Å². The van der Waals surface area contributed by atoms with Gasteiger partial charge in [-0.3, -0.25) is 4.90 Å². The first-order valence-corrected chi connectivity index (χ1v) is 6.55. The van der Waals surface area contributed by atoms with Gasteiger partial charge >= 0.3 is 0 Å². The van der Waals surface area contributed by atoms with E-state index in [0.29, 0.717) is 13.2 Å². The lowest BCUT2D eigenvalue weighted by Gasteiger charge is -2.28. The second-order valence-corrected chi connectivity index (χ2v) is 4.73. The van der Waals surface area contributed by atoms with E-state index >= 15 is 0 Å². The minimum absolute atomic E-state index is 0.175. The number of nitrogens with zero attached hydrogens (tertiary/aromatic N) is 1. The largest absolute Gasteiger partial charge is 0.492 e. The minimum atomic E-state index is 0.175. The van der Waals surface area contributed by atoms with Crippen LogP contribution in [0.2, 0.25) is 0 Å². The van der Waals surface area contributed by atoms with Crippen LogP contribution >= 0.6 is 0 Å². The van der Waals surface area contributed by atoms with Crippen molar-refractivity contribution in [3.63, 3.8) is 0 Å². The molecule has 0 aliphatic carbocycles. The molecule has 4 nitrogen and oxygen atoms in total. The van der Waals surface area contributed by atoms with Gasteiger partial charge in [-0.25, -0.2) is 0 Å². The van der Waals surface area contributed by atoms with Crippen LogP contribution in [0, 0.1) is 0 Å². The molecule has 2 aromatic rings. The van der Waals surface area contributed by atoms with Crippen LogP contribution in [-0.4, -0.2) is 24.6 Å². The first kappa shape index (κ1) is 12.3. The molecule has 0 fully saturated rings. The smallest absolute Gasteiger partial charge is 0.123 e. The molecule has 0 spiro atoms. The predicted molar refractivity (Wildman–Crippen MR) is 72.9 cm³/mol. The molecular formula is C15H18N2O2. The maximum Gasteiger partial charge on any atom is 0.123 e. The summed E-state index contributed by atoms with van der Waals surface area (Å²) in [7, 11) is 0. The van der Waals surface area contributed by atoms with Crippen LogP contribution in [0.1, 0.15) is 17.2 Å². The van der Waals surface area contributed by atoms with E-state index in [0.717, 1.165) is 24.4 Å². The monoisotopic (exact) mass is 258 g/mol. The van der Waals surface area contributed by atoms with Crippen LogP contribution in [0.15, 0.2) is 47.3 Å². The van der Waals surface area contributed by atoms with Gasteiger partial charge in [0.2, 0.25) is 0 Å². The topological polar surface area (TPSA) is 51.6 Å². The molecule has 1 aliphatic rings. The summed E-state index contributed by atoms with van der Waals surface area (Å²) in [6.45, 7) is 2.97. The van der Waals surface area contributed by atoms with E-state index in [1.807, 2.05) is 24.3 Å². The summed E-state index contributed by atoms with van der Waals surface area (Å²) >= 11 is 0. The van der Waals surface area contributed by atoms with Crippen molar-refractivity contribution in [3.8, 4) is 5.75 Å². The van der Waals surface area contributed by atoms with Crippen molar-refractivity contribution in [1.29, 1.82) is 0 Å². The molecule has 1 aromatic heterocycles. The molecule has 3 rings (SSSR count). The Labute approximate surface area is 112 Å². The number of fused-ring (bicyclic) bond motifs is 1. The molecule has 2 heterocycles. The van der Waals surface area contributed by atoms with Gasteiger partial charge in [0.1, 0.15) is 12.4 Å². The number of ether oxygens (including phenoxy) is 1. The second-order valence-electron chi connectivity index (χ2n) is 4.73. The van der Waals surface area contributed by atoms with Crippen molar-refractivity contribution in [1.82, 2.24) is 4.90 Å². The number of rotatable bonds is 3. The second kappa shape index (κ2) is 5.47. The Balaban J connectivity index is 1.85. The van der Waals surface area contributed by atoms with Crippen molar-refractivity contribution in [2.45, 2.75) is 12.6 Å². The third kappa shape index (κ3) is 2.50. The van der Waals surface area contributed by atoms with Gasteiger partial charge in [0.15, 0.2) is 0 Å². The first-order chi connectivity index (χ1) is 9.38. The summed E-state index contributed by atoms with van der Waals surface area (Å²) in [6.07, 6.45) is 3.47. The molecule has 1 aromatic carbocycles. The maximum atomic E-state index is 5.94. The molecule has 4 heteroatoms. The number of hydrogen-bond acceptors (Lipinski definition) is 4. The molecule has 0 amide bonds. The Hall–Kier alpha value is -1.78. The summed E-state index contributed by atoms with van der Waals surface area (Å²) < 4.78 is 11.0. The Kier molecular flexibility index (Phi) is 3.53. The molecule has 100 valence electrons. The third-order valence-electron chi connectivity index (χ3n) is 3.57. The molecule has 0 saturated heterocycles. The zero-order valence-corrected chi connectivity index (χ0v) is 10.8. The Morgan fingerprint density at radius 2 is 2.16 bits per heavy atom. The van der Waals surface area contributed by atoms with E-state index in [1.165, 1.54) is 5.56 Å². The first-order valence-electron chi connectivity index (χ1n) is 6.55. The summed E-state index contributed by atoms with van der Waals surface area (Å²) in [6, 6.07) is 10.3. The summed E-state index contributed by atoms with van der Waals surface area (Å²) in [4.78, 5) is 2.34. The van der Waals surface area contributed by atoms with Gasteiger partial charge in [-0.15, -0.1) is 0 Å². The van der Waals surface area contributed by atoms with Crippen LogP contribution < -0.4 is 10.5 Å². The lowest BCUT2D eigenvalue weighted by atomic mass is 10.1. The Bertz CT molecular complexity index is 525. The van der Waals surface area contributed by atoms with Crippen LogP contribution in [0.3, 0.4) is 0 Å². The van der Waals surface area contributed by atoms with E-state index in [4.69, 9.17) is 14.9 Å². The summed E-state index contributed by atoms with van der Waals surface area (Å²) in [5.41, 5.74) is 8.28. The van der Waals surface area contributed by atoms with Crippen molar-refractivity contribution in [2.24, 2.45) is 5.73 Å². The molecule has 2 N–H and O–H groups in total. The molecule has 0 radical (unpaired) electrons. The summed E-state index contributed by atoms with van der Waals surface area (Å²) in [5.74, 6) is 0.980. The lowest BCUT2D eigenvalue weighted by molar-refractivity contribution is 0.172. The van der Waals surface area contributed by atoms with Crippen molar-refractivity contribution in [2.75, 3.05) is 19.7 Å². The Morgan fingerprint density at radius 3 is 2.95 bits per heavy atom. The fourth-order valence-electron chi connectivity index (χ4n) is 2.57. The van der Waals surface area contributed by atoms with E-state index in [2.05, 4.69) is 11.0 Å². The number of hydrogen-bond donors (Lipinski definition) is 1. The Morgan fingerprint density at radius 1 is 1.26 bits per heavy atom. The van der Waals surface area contributed by atoms with Crippen LogP contribution in [0.5, 0.6) is 5.75 Å². The quantitative estimate of drug-likeness (QED) is 0.916. The number of benzene rings is 1. The van der Waals surface area contributed by atoms with Gasteiger partial charge in [-0.05, 0) is 12.1 Å². The van der Waals surface area contributed by atoms with Gasteiger partial charge < -0.3 is 14.9 Å². The molecule has 0 saturated carbocycles. The van der Waals surface area contributed by atoms with Crippen molar-refractivity contribution < 1.29 is 9.15 Å². The molecule has 1 unspecified atom stereocenters. The zero-order valence-electron chi connectivity index (χ0n) is 10.8. The van der Waals surface area contributed by atoms with E-state index in [-0.39, 0.29) is 6.04 Å². The number of furan rings is 1. The van der Waals surface area contributed by atoms with Gasteiger partial charge in [0.25, 0.3) is 0 Å². The highest BCUT2D eigenvalue weighted by molar-refractivity contribution is 5.34. The fourth-order valence-corrected chi connectivity index (χ4v) is 2.57. The molecule has 0 bridgehead atoms.